The average molecular weight is 493 g/mol. The number of carbonyl (C=O) groups is 3. The summed E-state index contributed by atoms with van der Waals surface area (Å²) in [5, 5.41) is 16.2. The Bertz CT molecular complexity index is 1280. The van der Waals surface area contributed by atoms with Gasteiger partial charge in [-0.05, 0) is 31.2 Å². The number of ether oxygens (including phenoxy) is 2. The quantitative estimate of drug-likeness (QED) is 0.311. The molecule has 14 heteroatoms. The maximum absolute atomic E-state index is 12.6. The Kier molecular flexibility index (Phi) is 7.00. The number of nitrogens with zero attached hydrogens (tertiary/aromatic N) is 1. The van der Waals surface area contributed by atoms with E-state index in [-0.39, 0.29) is 29.2 Å². The van der Waals surface area contributed by atoms with Crippen LogP contribution in [0.5, 0.6) is 0 Å². The molecule has 2 amide bonds. The maximum atomic E-state index is 12.6. The van der Waals surface area contributed by atoms with Crippen LogP contribution in [0.2, 0.25) is 0 Å². The van der Waals surface area contributed by atoms with Crippen molar-refractivity contribution in [2.24, 2.45) is 0 Å². The Morgan fingerprint density at radius 2 is 1.94 bits per heavy atom. The molecule has 0 spiro atoms. The minimum atomic E-state index is -3.92. The molecular weight excluding hydrogens is 474 g/mol. The van der Waals surface area contributed by atoms with Gasteiger partial charge in [-0.15, -0.1) is 0 Å². The number of urea groups is 1. The highest BCUT2D eigenvalue weighted by atomic mass is 32.2. The molecular formula is C20H19N3O10S. The predicted octanol–water partition coefficient (Wildman–Crippen LogP) is 1.62. The molecule has 1 aliphatic heterocycles. The topological polar surface area (TPSA) is 184 Å². The van der Waals surface area contributed by atoms with Gasteiger partial charge in [0.1, 0.15) is 23.3 Å². The van der Waals surface area contributed by atoms with E-state index in [1.807, 2.05) is 0 Å². The van der Waals surface area contributed by atoms with Crippen LogP contribution in [0.4, 0.5) is 10.5 Å². The molecule has 1 atom stereocenters. The first-order valence-corrected chi connectivity index (χ1v) is 11.6. The molecule has 2 N–H and O–H groups in total. The van der Waals surface area contributed by atoms with Crippen LogP contribution in [-0.2, 0) is 24.1 Å². The molecule has 0 aliphatic carbocycles. The van der Waals surface area contributed by atoms with Gasteiger partial charge in [-0.1, -0.05) is 0 Å². The van der Waals surface area contributed by atoms with Gasteiger partial charge in [0, 0.05) is 12.3 Å². The lowest BCUT2D eigenvalue weighted by molar-refractivity contribution is -0.387. The van der Waals surface area contributed by atoms with Crippen LogP contribution in [0, 0.1) is 10.1 Å². The van der Waals surface area contributed by atoms with Gasteiger partial charge in [-0.25, -0.2) is 22.8 Å². The molecule has 1 aromatic heterocycles. The van der Waals surface area contributed by atoms with Gasteiger partial charge in [0.15, 0.2) is 9.84 Å². The minimum absolute atomic E-state index is 0.0323. The first-order chi connectivity index (χ1) is 16.0. The van der Waals surface area contributed by atoms with Crippen LogP contribution >= 0.6 is 0 Å². The number of rotatable bonds is 8. The van der Waals surface area contributed by atoms with E-state index in [9.17, 15) is 32.9 Å². The average Bonchev–Trinajstić information content (AvgIpc) is 3.31. The van der Waals surface area contributed by atoms with Crippen molar-refractivity contribution < 1.29 is 41.6 Å². The minimum Gasteiger partial charge on any atom is -0.467 e. The van der Waals surface area contributed by atoms with E-state index >= 15 is 0 Å². The number of benzene rings is 1. The summed E-state index contributed by atoms with van der Waals surface area (Å²) >= 11 is 0. The van der Waals surface area contributed by atoms with Crippen LogP contribution in [-0.4, -0.2) is 50.8 Å². The fourth-order valence-corrected chi connectivity index (χ4v) is 4.00. The summed E-state index contributed by atoms with van der Waals surface area (Å²) in [6.07, 6.45) is 2.14. The summed E-state index contributed by atoms with van der Waals surface area (Å²) < 4.78 is 39.0. The highest BCUT2D eigenvalue weighted by Crippen LogP contribution is 2.29. The van der Waals surface area contributed by atoms with Gasteiger partial charge in [0.25, 0.3) is 5.69 Å². The monoisotopic (exact) mass is 493 g/mol. The Morgan fingerprint density at radius 3 is 2.53 bits per heavy atom. The first-order valence-electron chi connectivity index (χ1n) is 9.69. The van der Waals surface area contributed by atoms with E-state index in [0.717, 1.165) is 24.5 Å². The number of nitro groups is 1. The number of hydrogen-bond acceptors (Lipinski definition) is 10. The summed E-state index contributed by atoms with van der Waals surface area (Å²) in [5.74, 6) is -1.62. The molecule has 0 saturated carbocycles. The Morgan fingerprint density at radius 1 is 1.21 bits per heavy atom. The third-order valence-corrected chi connectivity index (χ3v) is 5.76. The normalized spacial score (nSPS) is 15.8. The van der Waals surface area contributed by atoms with Crippen LogP contribution in [0.1, 0.15) is 29.1 Å². The van der Waals surface area contributed by atoms with Crippen LogP contribution in [0.25, 0.3) is 0 Å². The molecule has 0 bridgehead atoms. The van der Waals surface area contributed by atoms with Crippen LogP contribution < -0.4 is 10.6 Å². The third kappa shape index (κ3) is 5.23. The number of nitrogens with one attached hydrogen (secondary N) is 2. The van der Waals surface area contributed by atoms with Crippen molar-refractivity contribution in [3.63, 3.8) is 0 Å². The number of amides is 2. The van der Waals surface area contributed by atoms with Crippen molar-refractivity contribution in [1.29, 1.82) is 0 Å². The molecule has 34 heavy (non-hydrogen) atoms. The summed E-state index contributed by atoms with van der Waals surface area (Å²) in [7, 11) is -3.92. The van der Waals surface area contributed by atoms with Crippen LogP contribution in [0.3, 0.4) is 0 Å². The fraction of sp³-hybridized carbons (Fsp3) is 0.250. The lowest BCUT2D eigenvalue weighted by Crippen LogP contribution is -2.47. The summed E-state index contributed by atoms with van der Waals surface area (Å²) in [5.41, 5.74) is -1.25. The first kappa shape index (κ1) is 24.4. The summed E-state index contributed by atoms with van der Waals surface area (Å²) in [6, 6.07) is 4.11. The van der Waals surface area contributed by atoms with Gasteiger partial charge < -0.3 is 24.5 Å². The molecule has 1 unspecified atom stereocenters. The molecule has 180 valence electrons. The molecule has 3 rings (SSSR count). The predicted molar refractivity (Wildman–Crippen MR) is 113 cm³/mol. The number of furan rings is 1. The van der Waals surface area contributed by atoms with Crippen molar-refractivity contribution in [3.8, 4) is 0 Å². The van der Waals surface area contributed by atoms with Crippen molar-refractivity contribution in [3.05, 3.63) is 69.3 Å². The third-order valence-electron chi connectivity index (χ3n) is 4.62. The van der Waals surface area contributed by atoms with Gasteiger partial charge in [0.2, 0.25) is 0 Å². The number of carbonyl (C=O) groups excluding carboxylic acids is 3. The second kappa shape index (κ2) is 9.74. The number of sulfone groups is 1. The van der Waals surface area contributed by atoms with Crippen molar-refractivity contribution in [2.75, 3.05) is 19.5 Å². The molecule has 13 nitrogen and oxygen atoms in total. The zero-order valence-corrected chi connectivity index (χ0v) is 18.7. The van der Waals surface area contributed by atoms with Crippen molar-refractivity contribution in [1.82, 2.24) is 10.6 Å². The molecule has 0 radical (unpaired) electrons. The second-order valence-corrected chi connectivity index (χ2v) is 8.93. The van der Waals surface area contributed by atoms with Gasteiger partial charge >= 0.3 is 18.0 Å². The Labute approximate surface area is 192 Å². The van der Waals surface area contributed by atoms with E-state index in [1.165, 1.54) is 12.3 Å². The number of hydrogen-bond donors (Lipinski definition) is 2. The van der Waals surface area contributed by atoms with Gasteiger partial charge in [-0.3, -0.25) is 10.1 Å². The molecule has 0 saturated heterocycles. The van der Waals surface area contributed by atoms with E-state index in [1.54, 1.807) is 13.0 Å². The molecule has 2 heterocycles. The number of nitro benzene ring substituents is 1. The lowest BCUT2D eigenvalue weighted by Gasteiger charge is -2.27. The fourth-order valence-electron chi connectivity index (χ4n) is 3.17. The van der Waals surface area contributed by atoms with E-state index < -0.39 is 56.0 Å². The molecule has 2 aromatic rings. The van der Waals surface area contributed by atoms with Gasteiger partial charge in [0.05, 0.1) is 34.6 Å². The smallest absolute Gasteiger partial charge is 0.338 e. The zero-order chi connectivity index (χ0) is 25.0. The summed E-state index contributed by atoms with van der Waals surface area (Å²) in [6.45, 7) is 1.02. The molecule has 1 aliphatic rings. The SMILES string of the molecule is CCOC(=O)C1=C(COC(=O)c2ccc(S(C)(=O)=O)c([N+](=O)[O-])c2)NC(=O)NC1c1ccco1. The Hall–Kier alpha value is -4.20. The van der Waals surface area contributed by atoms with Gasteiger partial charge in [-0.2, -0.15) is 0 Å². The highest BCUT2D eigenvalue weighted by molar-refractivity contribution is 7.90. The number of esters is 2. The largest absolute Gasteiger partial charge is 0.467 e. The van der Waals surface area contributed by atoms with Crippen molar-refractivity contribution >= 4 is 33.5 Å². The zero-order valence-electron chi connectivity index (χ0n) is 17.9. The van der Waals surface area contributed by atoms with Crippen molar-refractivity contribution in [2.45, 2.75) is 17.9 Å². The Balaban J connectivity index is 1.92. The van der Waals surface area contributed by atoms with E-state index in [4.69, 9.17) is 13.9 Å². The van der Waals surface area contributed by atoms with E-state index in [2.05, 4.69) is 10.6 Å². The second-order valence-electron chi connectivity index (χ2n) is 6.95. The van der Waals surface area contributed by atoms with Crippen LogP contribution in [0.15, 0.2) is 57.2 Å². The summed E-state index contributed by atoms with van der Waals surface area (Å²) in [4.78, 5) is 47.1. The van der Waals surface area contributed by atoms with E-state index in [0.29, 0.717) is 0 Å². The standard InChI is InChI=1S/C20H19N3O10S/c1-3-31-19(25)16-12(21-20(26)22-17(16)14-5-4-8-32-14)10-33-18(24)11-6-7-15(34(2,29)30)13(9-11)23(27)28/h4-9,17H,3,10H2,1-2H3,(H2,21,22,26). The highest BCUT2D eigenvalue weighted by Gasteiger charge is 2.36. The lowest BCUT2D eigenvalue weighted by atomic mass is 10.0. The maximum Gasteiger partial charge on any atom is 0.338 e. The molecule has 0 fully saturated rings. The molecule has 1 aromatic carbocycles.